The molecule has 0 saturated carbocycles. The molecule has 0 aliphatic carbocycles. The van der Waals surface area contributed by atoms with E-state index < -0.39 is 0 Å². The van der Waals surface area contributed by atoms with Crippen molar-refractivity contribution in [2.24, 2.45) is 5.92 Å². The first-order chi connectivity index (χ1) is 10.2. The van der Waals surface area contributed by atoms with Crippen molar-refractivity contribution >= 4 is 0 Å². The molecule has 21 heavy (non-hydrogen) atoms. The minimum absolute atomic E-state index is 0.0618. The van der Waals surface area contributed by atoms with Crippen molar-refractivity contribution in [2.75, 3.05) is 0 Å². The quantitative estimate of drug-likeness (QED) is 0.757. The van der Waals surface area contributed by atoms with Gasteiger partial charge in [-0.05, 0) is 23.5 Å². The molecule has 0 aliphatic heterocycles. The number of aliphatic hydroxyl groups is 1. The van der Waals surface area contributed by atoms with Crippen LogP contribution in [-0.2, 0) is 0 Å². The molecule has 0 heterocycles. The lowest BCUT2D eigenvalue weighted by atomic mass is 9.82. The Morgan fingerprint density at radius 2 is 1.33 bits per heavy atom. The molecule has 2 unspecified atom stereocenters. The van der Waals surface area contributed by atoms with E-state index in [9.17, 15) is 5.11 Å². The molecule has 1 N–H and O–H groups in total. The lowest BCUT2D eigenvalue weighted by molar-refractivity contribution is 0.126. The van der Waals surface area contributed by atoms with Crippen LogP contribution in [0.3, 0.4) is 0 Å². The van der Waals surface area contributed by atoms with Crippen molar-refractivity contribution in [3.8, 4) is 0 Å². The monoisotopic (exact) mass is 282 g/mol. The van der Waals surface area contributed by atoms with E-state index in [-0.39, 0.29) is 12.0 Å². The Morgan fingerprint density at radius 1 is 0.857 bits per heavy atom. The molecule has 0 amide bonds. The summed E-state index contributed by atoms with van der Waals surface area (Å²) in [6.45, 7) is 4.44. The molecule has 0 aliphatic rings. The summed E-state index contributed by atoms with van der Waals surface area (Å²) in [6.07, 6.45) is 2.86. The van der Waals surface area contributed by atoms with E-state index >= 15 is 0 Å². The third-order valence-electron chi connectivity index (χ3n) is 4.13. The second-order valence-corrected chi connectivity index (χ2v) is 6.00. The molecule has 0 radical (unpaired) electrons. The van der Waals surface area contributed by atoms with E-state index in [0.29, 0.717) is 5.92 Å². The highest BCUT2D eigenvalue weighted by molar-refractivity contribution is 5.33. The van der Waals surface area contributed by atoms with Crippen LogP contribution in [0.1, 0.15) is 50.2 Å². The van der Waals surface area contributed by atoms with Gasteiger partial charge in [-0.15, -0.1) is 0 Å². The predicted molar refractivity (Wildman–Crippen MR) is 89.4 cm³/mol. The molecule has 0 saturated heterocycles. The Hall–Kier alpha value is -1.60. The fraction of sp³-hybridized carbons (Fsp3) is 0.400. The third-order valence-corrected chi connectivity index (χ3v) is 4.13. The number of aliphatic hydroxyl groups excluding tert-OH is 1. The maximum absolute atomic E-state index is 10.8. The van der Waals surface area contributed by atoms with E-state index in [1.807, 2.05) is 36.4 Å². The van der Waals surface area contributed by atoms with Crippen molar-refractivity contribution in [1.82, 2.24) is 0 Å². The van der Waals surface area contributed by atoms with Crippen molar-refractivity contribution in [3.63, 3.8) is 0 Å². The zero-order valence-electron chi connectivity index (χ0n) is 13.1. The fourth-order valence-corrected chi connectivity index (χ4v) is 3.12. The molecule has 1 heteroatoms. The normalized spacial score (nSPS) is 14.1. The van der Waals surface area contributed by atoms with Crippen molar-refractivity contribution in [2.45, 2.75) is 45.1 Å². The second-order valence-electron chi connectivity index (χ2n) is 6.00. The lowest BCUT2D eigenvalue weighted by Gasteiger charge is -2.26. The summed E-state index contributed by atoms with van der Waals surface area (Å²) in [5, 5.41) is 10.8. The molecule has 0 bridgehead atoms. The molecular weight excluding hydrogens is 256 g/mol. The molecule has 0 spiro atoms. The average molecular weight is 282 g/mol. The summed E-state index contributed by atoms with van der Waals surface area (Å²) < 4.78 is 0. The number of rotatable bonds is 7. The zero-order chi connectivity index (χ0) is 15.1. The molecule has 2 atom stereocenters. The van der Waals surface area contributed by atoms with Crippen LogP contribution in [0.2, 0.25) is 0 Å². The summed E-state index contributed by atoms with van der Waals surface area (Å²) in [6, 6.07) is 20.7. The van der Waals surface area contributed by atoms with Crippen LogP contribution in [0, 0.1) is 5.92 Å². The standard InChI is InChI=1S/C20H26O/c1-3-10-16(2)15-19(21)20(17-11-6-4-7-12-17)18-13-8-5-9-14-18/h4-9,11-14,16,19-21H,3,10,15H2,1-2H3. The Bertz CT molecular complexity index is 466. The highest BCUT2D eigenvalue weighted by Crippen LogP contribution is 2.31. The smallest absolute Gasteiger partial charge is 0.0651 e. The Balaban J connectivity index is 2.24. The Kier molecular flexibility index (Phi) is 6.01. The first-order valence-corrected chi connectivity index (χ1v) is 8.00. The van der Waals surface area contributed by atoms with Gasteiger partial charge in [0, 0.05) is 5.92 Å². The second kappa shape index (κ2) is 7.99. The van der Waals surface area contributed by atoms with E-state index in [1.54, 1.807) is 0 Å². The van der Waals surface area contributed by atoms with Crippen LogP contribution in [0.4, 0.5) is 0 Å². The number of benzene rings is 2. The maximum atomic E-state index is 10.8. The third kappa shape index (κ3) is 4.44. The first kappa shape index (κ1) is 15.8. The van der Waals surface area contributed by atoms with Crippen LogP contribution in [-0.4, -0.2) is 11.2 Å². The van der Waals surface area contributed by atoms with Gasteiger partial charge < -0.3 is 5.11 Å². The summed E-state index contributed by atoms with van der Waals surface area (Å²) in [5.41, 5.74) is 2.39. The topological polar surface area (TPSA) is 20.2 Å². The van der Waals surface area contributed by atoms with Crippen molar-refractivity contribution in [1.29, 1.82) is 0 Å². The molecule has 0 fully saturated rings. The van der Waals surface area contributed by atoms with E-state index in [2.05, 4.69) is 38.1 Å². The highest BCUT2D eigenvalue weighted by Gasteiger charge is 2.24. The minimum atomic E-state index is -0.337. The fourth-order valence-electron chi connectivity index (χ4n) is 3.12. The van der Waals surface area contributed by atoms with Gasteiger partial charge in [-0.1, -0.05) is 87.4 Å². The van der Waals surface area contributed by atoms with Crippen LogP contribution < -0.4 is 0 Å². The minimum Gasteiger partial charge on any atom is -0.392 e. The van der Waals surface area contributed by atoms with Crippen LogP contribution in [0.25, 0.3) is 0 Å². The van der Waals surface area contributed by atoms with Gasteiger partial charge in [0.2, 0.25) is 0 Å². The predicted octanol–water partition coefficient (Wildman–Crippen LogP) is 5.01. The average Bonchev–Trinajstić information content (AvgIpc) is 2.50. The largest absolute Gasteiger partial charge is 0.392 e. The van der Waals surface area contributed by atoms with Gasteiger partial charge in [0.15, 0.2) is 0 Å². The summed E-state index contributed by atoms with van der Waals surface area (Å²) in [7, 11) is 0. The molecule has 2 aromatic rings. The maximum Gasteiger partial charge on any atom is 0.0651 e. The summed E-state index contributed by atoms with van der Waals surface area (Å²) >= 11 is 0. The highest BCUT2D eigenvalue weighted by atomic mass is 16.3. The van der Waals surface area contributed by atoms with Crippen molar-refractivity contribution in [3.05, 3.63) is 71.8 Å². The van der Waals surface area contributed by atoms with Gasteiger partial charge in [-0.3, -0.25) is 0 Å². The van der Waals surface area contributed by atoms with Crippen LogP contribution >= 0.6 is 0 Å². The van der Waals surface area contributed by atoms with Gasteiger partial charge in [-0.25, -0.2) is 0 Å². The van der Waals surface area contributed by atoms with E-state index in [0.717, 1.165) is 6.42 Å². The van der Waals surface area contributed by atoms with Gasteiger partial charge >= 0.3 is 0 Å². The zero-order valence-corrected chi connectivity index (χ0v) is 13.1. The van der Waals surface area contributed by atoms with Gasteiger partial charge in [0.1, 0.15) is 0 Å². The summed E-state index contributed by atoms with van der Waals surface area (Å²) in [5.74, 6) is 0.617. The van der Waals surface area contributed by atoms with Crippen molar-refractivity contribution < 1.29 is 5.11 Å². The lowest BCUT2D eigenvalue weighted by Crippen LogP contribution is -2.22. The molecule has 0 aromatic heterocycles. The number of hydrogen-bond acceptors (Lipinski definition) is 1. The molecule has 1 nitrogen and oxygen atoms in total. The Labute approximate surface area is 128 Å². The van der Waals surface area contributed by atoms with Gasteiger partial charge in [-0.2, -0.15) is 0 Å². The first-order valence-electron chi connectivity index (χ1n) is 8.00. The summed E-state index contributed by atoms with van der Waals surface area (Å²) in [4.78, 5) is 0. The Morgan fingerprint density at radius 3 is 1.76 bits per heavy atom. The van der Waals surface area contributed by atoms with Crippen LogP contribution in [0.5, 0.6) is 0 Å². The molecular formula is C20H26O. The van der Waals surface area contributed by atoms with E-state index in [4.69, 9.17) is 0 Å². The molecule has 2 rings (SSSR count). The van der Waals surface area contributed by atoms with Gasteiger partial charge in [0.25, 0.3) is 0 Å². The molecule has 112 valence electrons. The van der Waals surface area contributed by atoms with Crippen LogP contribution in [0.15, 0.2) is 60.7 Å². The molecule has 2 aromatic carbocycles. The SMILES string of the molecule is CCCC(C)CC(O)C(c1ccccc1)c1ccccc1. The van der Waals surface area contributed by atoms with Gasteiger partial charge in [0.05, 0.1) is 6.10 Å². The van der Waals surface area contributed by atoms with E-state index in [1.165, 1.54) is 24.0 Å². The number of hydrogen-bond donors (Lipinski definition) is 1.